The molecule has 25 heavy (non-hydrogen) atoms. The summed E-state index contributed by atoms with van der Waals surface area (Å²) in [6.07, 6.45) is 5.01. The molecule has 0 atom stereocenters. The van der Waals surface area contributed by atoms with Gasteiger partial charge < -0.3 is 5.32 Å². The van der Waals surface area contributed by atoms with Crippen molar-refractivity contribution in [2.24, 2.45) is 0 Å². The van der Waals surface area contributed by atoms with Crippen molar-refractivity contribution in [3.05, 3.63) is 35.9 Å². The summed E-state index contributed by atoms with van der Waals surface area (Å²) in [4.78, 5) is 0.215. The first kappa shape index (κ1) is 20.1. The molecule has 0 saturated carbocycles. The minimum Gasteiger partial charge on any atom is -0.316 e. The van der Waals surface area contributed by atoms with Crippen molar-refractivity contribution in [1.29, 1.82) is 0 Å². The molecule has 1 aliphatic rings. The van der Waals surface area contributed by atoms with Gasteiger partial charge in [0.2, 0.25) is 0 Å². The van der Waals surface area contributed by atoms with E-state index >= 15 is 0 Å². The molecule has 0 aromatic heterocycles. The lowest BCUT2D eigenvalue weighted by Crippen LogP contribution is -2.39. The molecular formula is C17H24FNO4S2. The fourth-order valence-electron chi connectivity index (χ4n) is 2.70. The van der Waals surface area contributed by atoms with Crippen LogP contribution in [0, 0.1) is 0 Å². The van der Waals surface area contributed by atoms with Crippen LogP contribution in [0.15, 0.2) is 35.2 Å². The molecular weight excluding hydrogens is 365 g/mol. The number of sulfone groups is 2. The number of piperidine rings is 1. The highest BCUT2D eigenvalue weighted by atomic mass is 32.2. The standard InChI is InChI=1S/C17H24FNO4S2/c1-24(20,21)16-6-4-15(5-7-16)3-2-13-25(22,23)14-10-17(18)8-11-19-12-9-17/h2-7,19H,8-14H2,1H3. The van der Waals surface area contributed by atoms with Gasteiger partial charge in [0.25, 0.3) is 0 Å². The Morgan fingerprint density at radius 2 is 1.72 bits per heavy atom. The first-order valence-corrected chi connectivity index (χ1v) is 11.9. The third-order valence-electron chi connectivity index (χ3n) is 4.33. The van der Waals surface area contributed by atoms with Gasteiger partial charge in [-0.3, -0.25) is 0 Å². The molecule has 0 spiro atoms. The molecule has 1 aliphatic heterocycles. The Bertz CT molecular complexity index is 809. The van der Waals surface area contributed by atoms with E-state index in [4.69, 9.17) is 0 Å². The van der Waals surface area contributed by atoms with Crippen molar-refractivity contribution < 1.29 is 21.2 Å². The highest BCUT2D eigenvalue weighted by Crippen LogP contribution is 2.27. The van der Waals surface area contributed by atoms with Gasteiger partial charge in [-0.25, -0.2) is 21.2 Å². The third-order valence-corrected chi connectivity index (χ3v) is 6.98. The lowest BCUT2D eigenvalue weighted by molar-refractivity contribution is 0.112. The van der Waals surface area contributed by atoms with E-state index in [1.165, 1.54) is 18.2 Å². The molecule has 0 radical (unpaired) electrons. The average Bonchev–Trinajstić information content (AvgIpc) is 2.54. The van der Waals surface area contributed by atoms with Crippen molar-refractivity contribution in [2.45, 2.75) is 29.8 Å². The number of hydrogen-bond acceptors (Lipinski definition) is 5. The van der Waals surface area contributed by atoms with Crippen molar-refractivity contribution in [3.8, 4) is 0 Å². The van der Waals surface area contributed by atoms with Gasteiger partial charge >= 0.3 is 0 Å². The quantitative estimate of drug-likeness (QED) is 0.771. The second-order valence-corrected chi connectivity index (χ2v) is 10.8. The summed E-state index contributed by atoms with van der Waals surface area (Å²) in [6, 6.07) is 6.19. The Morgan fingerprint density at radius 1 is 1.12 bits per heavy atom. The van der Waals surface area contributed by atoms with Crippen molar-refractivity contribution in [1.82, 2.24) is 5.32 Å². The van der Waals surface area contributed by atoms with Gasteiger partial charge in [-0.15, -0.1) is 0 Å². The zero-order valence-electron chi connectivity index (χ0n) is 14.2. The van der Waals surface area contributed by atoms with Crippen LogP contribution in [-0.4, -0.2) is 53.4 Å². The van der Waals surface area contributed by atoms with Gasteiger partial charge in [0, 0.05) is 6.26 Å². The zero-order valence-corrected chi connectivity index (χ0v) is 15.9. The molecule has 1 fully saturated rings. The van der Waals surface area contributed by atoms with Crippen LogP contribution in [0.4, 0.5) is 4.39 Å². The Labute approximate surface area is 149 Å². The largest absolute Gasteiger partial charge is 0.316 e. The zero-order chi connectivity index (χ0) is 18.6. The number of benzene rings is 1. The highest BCUT2D eigenvalue weighted by Gasteiger charge is 2.32. The van der Waals surface area contributed by atoms with Gasteiger partial charge in [0.15, 0.2) is 19.7 Å². The van der Waals surface area contributed by atoms with E-state index in [0.717, 1.165) is 6.26 Å². The van der Waals surface area contributed by atoms with Gasteiger partial charge in [0.1, 0.15) is 5.67 Å². The Hall–Kier alpha value is -1.25. The molecule has 0 bridgehead atoms. The lowest BCUT2D eigenvalue weighted by Gasteiger charge is -2.29. The molecule has 2 rings (SSSR count). The van der Waals surface area contributed by atoms with Crippen LogP contribution >= 0.6 is 0 Å². The van der Waals surface area contributed by atoms with Gasteiger partial charge in [-0.1, -0.05) is 24.3 Å². The summed E-state index contributed by atoms with van der Waals surface area (Å²) in [5.41, 5.74) is -0.674. The maximum Gasteiger partial charge on any atom is 0.175 e. The Balaban J connectivity index is 1.89. The van der Waals surface area contributed by atoms with Crippen LogP contribution in [-0.2, 0) is 19.7 Å². The second-order valence-electron chi connectivity index (χ2n) is 6.51. The SMILES string of the molecule is CS(=O)(=O)c1ccc(C=CCS(=O)(=O)CCC2(F)CCNCC2)cc1. The molecule has 0 unspecified atom stereocenters. The van der Waals surface area contributed by atoms with Crippen LogP contribution in [0.1, 0.15) is 24.8 Å². The molecule has 0 aliphatic carbocycles. The summed E-state index contributed by atoms with van der Waals surface area (Å²) < 4.78 is 61.4. The van der Waals surface area contributed by atoms with Crippen molar-refractivity contribution in [3.63, 3.8) is 0 Å². The summed E-state index contributed by atoms with van der Waals surface area (Å²) in [7, 11) is -6.61. The number of hydrogen-bond donors (Lipinski definition) is 1. The van der Waals surface area contributed by atoms with E-state index < -0.39 is 25.3 Å². The molecule has 0 amide bonds. The first-order chi connectivity index (χ1) is 11.6. The van der Waals surface area contributed by atoms with E-state index in [1.807, 2.05) is 0 Å². The average molecular weight is 390 g/mol. The van der Waals surface area contributed by atoms with Crippen LogP contribution in [0.2, 0.25) is 0 Å². The summed E-state index contributed by atoms with van der Waals surface area (Å²) >= 11 is 0. The molecule has 1 N–H and O–H groups in total. The first-order valence-electron chi connectivity index (χ1n) is 8.16. The minimum absolute atomic E-state index is 0.0356. The van der Waals surface area contributed by atoms with Gasteiger partial charge in [0.05, 0.1) is 16.4 Å². The van der Waals surface area contributed by atoms with Gasteiger partial charge in [-0.05, 0) is 50.0 Å². The fraction of sp³-hybridized carbons (Fsp3) is 0.529. The van der Waals surface area contributed by atoms with E-state index in [9.17, 15) is 21.2 Å². The second kappa shape index (κ2) is 7.97. The van der Waals surface area contributed by atoms with Crippen LogP contribution in [0.3, 0.4) is 0 Å². The molecule has 8 heteroatoms. The minimum atomic E-state index is -3.36. The maximum atomic E-state index is 14.5. The number of halogens is 1. The summed E-state index contributed by atoms with van der Waals surface area (Å²) in [5.74, 6) is -0.323. The molecule has 1 aromatic carbocycles. The fourth-order valence-corrected chi connectivity index (χ4v) is 4.57. The predicted octanol–water partition coefficient (Wildman–Crippen LogP) is 2.00. The topological polar surface area (TPSA) is 80.3 Å². The molecule has 1 heterocycles. The molecule has 140 valence electrons. The highest BCUT2D eigenvalue weighted by molar-refractivity contribution is 7.91. The number of alkyl halides is 1. The smallest absolute Gasteiger partial charge is 0.175 e. The van der Waals surface area contributed by atoms with Crippen molar-refractivity contribution >= 4 is 25.8 Å². The van der Waals surface area contributed by atoms with Crippen LogP contribution < -0.4 is 5.32 Å². The Kier molecular flexibility index (Phi) is 6.40. The van der Waals surface area contributed by atoms with Crippen LogP contribution in [0.25, 0.3) is 6.08 Å². The maximum absolute atomic E-state index is 14.5. The summed E-state index contributed by atoms with van der Waals surface area (Å²) in [6.45, 7) is 1.17. The monoisotopic (exact) mass is 389 g/mol. The van der Waals surface area contributed by atoms with Crippen LogP contribution in [0.5, 0.6) is 0 Å². The number of nitrogens with one attached hydrogen (secondary N) is 1. The van der Waals surface area contributed by atoms with E-state index in [0.29, 0.717) is 31.5 Å². The van der Waals surface area contributed by atoms with Gasteiger partial charge in [-0.2, -0.15) is 0 Å². The van der Waals surface area contributed by atoms with Crippen molar-refractivity contribution in [2.75, 3.05) is 30.9 Å². The molecule has 1 saturated heterocycles. The normalized spacial score (nSPS) is 18.5. The lowest BCUT2D eigenvalue weighted by atomic mass is 9.92. The summed E-state index contributed by atoms with van der Waals surface area (Å²) in [5, 5.41) is 3.06. The van der Waals surface area contributed by atoms with E-state index in [1.54, 1.807) is 18.2 Å². The predicted molar refractivity (Wildman–Crippen MR) is 97.8 cm³/mol. The Morgan fingerprint density at radius 3 is 2.28 bits per heavy atom. The van der Waals surface area contributed by atoms with E-state index in [2.05, 4.69) is 5.32 Å². The number of rotatable bonds is 7. The van der Waals surface area contributed by atoms with E-state index in [-0.39, 0.29) is 22.8 Å². The molecule has 5 nitrogen and oxygen atoms in total. The third kappa shape index (κ3) is 6.52. The molecule has 1 aromatic rings.